The zero-order chi connectivity index (χ0) is 31.7. The lowest BCUT2D eigenvalue weighted by atomic mass is 9.99. The van der Waals surface area contributed by atoms with Gasteiger partial charge < -0.3 is 37.9 Å². The van der Waals surface area contributed by atoms with Crippen LogP contribution in [0, 0.1) is 0 Å². The van der Waals surface area contributed by atoms with Crippen LogP contribution in [0.2, 0.25) is 25.7 Å². The van der Waals surface area contributed by atoms with Gasteiger partial charge in [-0.3, -0.25) is 9.59 Å². The molecule has 0 aromatic heterocycles. The average Bonchev–Trinajstić information content (AvgIpc) is 2.96. The molecule has 1 aromatic carbocycles. The van der Waals surface area contributed by atoms with Gasteiger partial charge >= 0.3 is 11.9 Å². The third-order valence-electron chi connectivity index (χ3n) is 6.48. The zero-order valence-electron chi connectivity index (χ0n) is 26.5. The van der Waals surface area contributed by atoms with Crippen LogP contribution >= 0.6 is 11.8 Å². The quantitative estimate of drug-likeness (QED) is 0.0560. The molecule has 0 radical (unpaired) electrons. The van der Waals surface area contributed by atoms with Gasteiger partial charge in [-0.2, -0.15) is 0 Å². The molecule has 1 aromatic rings. The highest BCUT2D eigenvalue weighted by Crippen LogP contribution is 2.34. The Hall–Kier alpha value is -2.09. The molecule has 0 N–H and O–H groups in total. The van der Waals surface area contributed by atoms with Crippen molar-refractivity contribution < 1.29 is 47.5 Å². The summed E-state index contributed by atoms with van der Waals surface area (Å²) in [5, 5.41) is 0. The first-order chi connectivity index (χ1) is 20.6. The summed E-state index contributed by atoms with van der Waals surface area (Å²) in [5.74, 6) is 1.45. The van der Waals surface area contributed by atoms with Crippen LogP contribution in [0.15, 0.2) is 36.9 Å². The molecule has 0 saturated carbocycles. The summed E-state index contributed by atoms with van der Waals surface area (Å²) in [6.45, 7) is 15.6. The molecule has 12 heteroatoms. The fraction of sp³-hybridized carbons (Fsp3) is 0.677. The van der Waals surface area contributed by atoms with Crippen molar-refractivity contribution in [2.75, 3.05) is 46.1 Å². The maximum Gasteiger partial charge on any atom is 0.305 e. The molecule has 43 heavy (non-hydrogen) atoms. The van der Waals surface area contributed by atoms with E-state index in [1.54, 1.807) is 6.08 Å². The topological polar surface area (TPSA) is 108 Å². The summed E-state index contributed by atoms with van der Waals surface area (Å²) in [5.41, 5.74) is -0.472. The van der Waals surface area contributed by atoms with E-state index in [2.05, 4.69) is 31.0 Å². The average molecular weight is 643 g/mol. The molecule has 1 saturated heterocycles. The molecule has 0 unspecified atom stereocenters. The molecular weight excluding hydrogens is 592 g/mol. The SMILES string of the molecule is C=CCO[C@H]1[C@@H](OCOCC[Si](C)(C)C)[C@@H](COc2ccc(OCCCCC(=O)OC)cc2)O[C@@H](SCC)[C@@H]1OC(C)=O. The Morgan fingerprint density at radius 1 is 1.00 bits per heavy atom. The van der Waals surface area contributed by atoms with Crippen molar-refractivity contribution in [1.82, 2.24) is 0 Å². The van der Waals surface area contributed by atoms with Crippen molar-refractivity contribution in [1.29, 1.82) is 0 Å². The highest BCUT2D eigenvalue weighted by molar-refractivity contribution is 7.99. The number of methoxy groups -OCH3 is 1. The summed E-state index contributed by atoms with van der Waals surface area (Å²) < 4.78 is 47.0. The van der Waals surface area contributed by atoms with Gasteiger partial charge in [0.05, 0.1) is 20.3 Å². The minimum Gasteiger partial charge on any atom is -0.494 e. The Balaban J connectivity index is 2.09. The molecule has 2 rings (SSSR count). The number of esters is 2. The lowest BCUT2D eigenvalue weighted by molar-refractivity contribution is -0.253. The number of carbonyl (C=O) groups excluding carboxylic acids is 2. The van der Waals surface area contributed by atoms with E-state index in [9.17, 15) is 9.59 Å². The third-order valence-corrected chi connectivity index (χ3v) is 9.23. The van der Waals surface area contributed by atoms with Crippen LogP contribution in [0.1, 0.15) is 33.1 Å². The molecule has 10 nitrogen and oxygen atoms in total. The van der Waals surface area contributed by atoms with Crippen molar-refractivity contribution in [3.63, 3.8) is 0 Å². The molecule has 1 aliphatic heterocycles. The van der Waals surface area contributed by atoms with E-state index in [0.29, 0.717) is 37.6 Å². The van der Waals surface area contributed by atoms with E-state index in [1.165, 1.54) is 25.8 Å². The van der Waals surface area contributed by atoms with Gasteiger partial charge in [0.15, 0.2) is 6.10 Å². The Morgan fingerprint density at radius 2 is 1.70 bits per heavy atom. The number of hydrogen-bond donors (Lipinski definition) is 0. The maximum absolute atomic E-state index is 12.1. The second kappa shape index (κ2) is 20.0. The van der Waals surface area contributed by atoms with Crippen LogP contribution in [0.4, 0.5) is 0 Å². The smallest absolute Gasteiger partial charge is 0.305 e. The van der Waals surface area contributed by atoms with Gasteiger partial charge in [-0.15, -0.1) is 18.3 Å². The van der Waals surface area contributed by atoms with Gasteiger partial charge in [0.1, 0.15) is 48.6 Å². The Labute approximate surface area is 262 Å². The van der Waals surface area contributed by atoms with Crippen LogP contribution in [0.5, 0.6) is 11.5 Å². The van der Waals surface area contributed by atoms with Gasteiger partial charge in [0.2, 0.25) is 0 Å². The second-order valence-corrected chi connectivity index (χ2v) is 18.3. The summed E-state index contributed by atoms with van der Waals surface area (Å²) in [6.07, 6.45) is 1.01. The number of carbonyl (C=O) groups is 2. The molecule has 1 aliphatic rings. The normalized spacial score (nSPS) is 22.0. The number of benzene rings is 1. The van der Waals surface area contributed by atoms with Crippen LogP contribution in [0.3, 0.4) is 0 Å². The van der Waals surface area contributed by atoms with Crippen molar-refractivity contribution in [2.45, 2.75) is 88.6 Å². The summed E-state index contributed by atoms with van der Waals surface area (Å²) in [6, 6.07) is 8.33. The summed E-state index contributed by atoms with van der Waals surface area (Å²) in [7, 11) is 0.129. The number of unbranched alkanes of at least 4 members (excludes halogenated alkanes) is 1. The van der Waals surface area contributed by atoms with E-state index in [1.807, 2.05) is 31.2 Å². The van der Waals surface area contributed by atoms with Gasteiger partial charge in [-0.25, -0.2) is 0 Å². The standard InChI is InChI=1S/C31H50O10SSi/c1-8-17-37-29-28(39-22-35-19-20-43(5,6)7)26(41-31(42-9-2)30(29)40-23(3)32)21-38-25-15-13-24(14-16-25)36-18-11-10-12-27(33)34-4/h8,13-16,26,28-31H,1,9-12,17-22H2,2-7H3/t26-,28+,29+,30-,31+/m1/s1. The van der Waals surface area contributed by atoms with Gasteiger partial charge in [0.25, 0.3) is 0 Å². The summed E-state index contributed by atoms with van der Waals surface area (Å²) >= 11 is 1.53. The highest BCUT2D eigenvalue weighted by atomic mass is 32.2. The fourth-order valence-electron chi connectivity index (χ4n) is 4.24. The van der Waals surface area contributed by atoms with Crippen molar-refractivity contribution in [3.8, 4) is 11.5 Å². The highest BCUT2D eigenvalue weighted by Gasteiger charge is 2.49. The van der Waals surface area contributed by atoms with E-state index in [4.69, 9.17) is 33.2 Å². The van der Waals surface area contributed by atoms with Gasteiger partial charge in [-0.1, -0.05) is 32.6 Å². The molecule has 0 aliphatic carbocycles. The number of hydrogen-bond acceptors (Lipinski definition) is 11. The van der Waals surface area contributed by atoms with E-state index < -0.39 is 43.9 Å². The molecule has 0 spiro atoms. The fourth-order valence-corrected chi connectivity index (χ4v) is 5.94. The third kappa shape index (κ3) is 14.5. The first-order valence-corrected chi connectivity index (χ1v) is 19.6. The number of rotatable bonds is 21. The van der Waals surface area contributed by atoms with Crippen LogP contribution in [0.25, 0.3) is 0 Å². The molecule has 1 heterocycles. The molecular formula is C31H50O10SSi. The van der Waals surface area contributed by atoms with Crippen LogP contribution in [-0.2, 0) is 38.0 Å². The predicted molar refractivity (Wildman–Crippen MR) is 169 cm³/mol. The minimum atomic E-state index is -1.26. The molecule has 244 valence electrons. The molecule has 5 atom stereocenters. The molecule has 1 fully saturated rings. The van der Waals surface area contributed by atoms with Crippen molar-refractivity contribution in [3.05, 3.63) is 36.9 Å². The largest absolute Gasteiger partial charge is 0.494 e. The Kier molecular flexibility index (Phi) is 17.3. The lowest BCUT2D eigenvalue weighted by Crippen LogP contribution is -2.61. The number of ether oxygens (including phenoxy) is 8. The first kappa shape index (κ1) is 37.1. The number of thioether (sulfide) groups is 1. The Bertz CT molecular complexity index is 955. The zero-order valence-corrected chi connectivity index (χ0v) is 28.4. The van der Waals surface area contributed by atoms with Crippen molar-refractivity contribution >= 4 is 31.8 Å². The lowest BCUT2D eigenvalue weighted by Gasteiger charge is -2.45. The van der Waals surface area contributed by atoms with E-state index in [0.717, 1.165) is 18.2 Å². The maximum atomic E-state index is 12.1. The summed E-state index contributed by atoms with van der Waals surface area (Å²) in [4.78, 5) is 23.3. The molecule has 0 bridgehead atoms. The monoisotopic (exact) mass is 642 g/mol. The second-order valence-electron chi connectivity index (χ2n) is 11.3. The van der Waals surface area contributed by atoms with Crippen LogP contribution < -0.4 is 9.47 Å². The van der Waals surface area contributed by atoms with Crippen LogP contribution in [-0.4, -0.2) is 95.9 Å². The van der Waals surface area contributed by atoms with E-state index >= 15 is 0 Å². The van der Waals surface area contributed by atoms with E-state index in [-0.39, 0.29) is 26.0 Å². The molecule has 0 amide bonds. The predicted octanol–water partition coefficient (Wildman–Crippen LogP) is 5.47. The minimum absolute atomic E-state index is 0.0486. The Morgan fingerprint density at radius 3 is 2.30 bits per heavy atom. The van der Waals surface area contributed by atoms with Gasteiger partial charge in [-0.05, 0) is 48.9 Å². The van der Waals surface area contributed by atoms with Crippen molar-refractivity contribution in [2.24, 2.45) is 0 Å². The first-order valence-electron chi connectivity index (χ1n) is 14.9. The van der Waals surface area contributed by atoms with Gasteiger partial charge in [0, 0.05) is 28.0 Å².